The van der Waals surface area contributed by atoms with Crippen LogP contribution in [0.25, 0.3) is 0 Å². The highest BCUT2D eigenvalue weighted by Gasteiger charge is 2.45. The molecule has 0 bridgehead atoms. The first-order valence-corrected chi connectivity index (χ1v) is 5.93. The Morgan fingerprint density at radius 3 is 2.18 bits per heavy atom. The van der Waals surface area contributed by atoms with Crippen LogP contribution in [0.3, 0.4) is 0 Å². The molecular weight excluding hydrogens is 218 g/mol. The van der Waals surface area contributed by atoms with Crippen molar-refractivity contribution in [2.75, 3.05) is 0 Å². The van der Waals surface area contributed by atoms with Gasteiger partial charge in [0.15, 0.2) is 0 Å². The van der Waals surface area contributed by atoms with Crippen molar-refractivity contribution in [2.45, 2.75) is 37.8 Å². The maximum atomic E-state index is 9.80. The maximum absolute atomic E-state index is 9.80. The van der Waals surface area contributed by atoms with E-state index in [-0.39, 0.29) is 12.0 Å². The van der Waals surface area contributed by atoms with E-state index in [1.165, 1.54) is 0 Å². The first kappa shape index (κ1) is 12.5. The van der Waals surface area contributed by atoms with Gasteiger partial charge in [-0.1, -0.05) is 37.3 Å². The monoisotopic (exact) mass is 237 g/mol. The predicted molar refractivity (Wildman–Crippen MR) is 64.3 cm³/mol. The Morgan fingerprint density at radius 2 is 1.65 bits per heavy atom. The van der Waals surface area contributed by atoms with Gasteiger partial charge in [0.1, 0.15) is 6.10 Å². The van der Waals surface area contributed by atoms with Gasteiger partial charge in [0.05, 0.1) is 12.2 Å². The minimum Gasteiger partial charge on any atom is -0.390 e. The van der Waals surface area contributed by atoms with Crippen LogP contribution >= 0.6 is 0 Å². The van der Waals surface area contributed by atoms with Crippen LogP contribution in [0.5, 0.6) is 0 Å². The largest absolute Gasteiger partial charge is 0.390 e. The Balaban J connectivity index is 1.96. The summed E-state index contributed by atoms with van der Waals surface area (Å²) in [5, 5.41) is 32.2. The quantitative estimate of drug-likeness (QED) is 0.591. The van der Waals surface area contributed by atoms with Crippen LogP contribution < -0.4 is 5.32 Å². The van der Waals surface area contributed by atoms with Gasteiger partial charge < -0.3 is 20.6 Å². The molecule has 4 unspecified atom stereocenters. The number of hydrogen-bond acceptors (Lipinski definition) is 4. The van der Waals surface area contributed by atoms with E-state index in [9.17, 15) is 15.3 Å². The van der Waals surface area contributed by atoms with E-state index >= 15 is 0 Å². The zero-order chi connectivity index (χ0) is 12.4. The highest BCUT2D eigenvalue weighted by molar-refractivity contribution is 5.15. The van der Waals surface area contributed by atoms with Crippen LogP contribution in [0.15, 0.2) is 30.3 Å². The summed E-state index contributed by atoms with van der Waals surface area (Å²) in [7, 11) is 0. The highest BCUT2D eigenvalue weighted by Crippen LogP contribution is 2.27. The molecule has 4 heteroatoms. The summed E-state index contributed by atoms with van der Waals surface area (Å²) in [6, 6.07) is 9.56. The van der Waals surface area contributed by atoms with E-state index in [1.807, 2.05) is 37.3 Å². The maximum Gasteiger partial charge on any atom is 0.108 e. The molecule has 0 spiro atoms. The standard InChI is InChI=1S/C13H19NO3/c1-8-10(12(16)13(17)11(8)15)14-7-9-5-3-2-4-6-9/h2-6,8,10-17H,7H2,1H3/t8?,10?,11?,12?,13-/m1/s1. The van der Waals surface area contributed by atoms with Gasteiger partial charge in [-0.05, 0) is 5.56 Å². The van der Waals surface area contributed by atoms with Gasteiger partial charge in [-0.3, -0.25) is 0 Å². The summed E-state index contributed by atoms with van der Waals surface area (Å²) in [6.45, 7) is 2.44. The van der Waals surface area contributed by atoms with Crippen LogP contribution in [-0.4, -0.2) is 39.7 Å². The van der Waals surface area contributed by atoms with E-state index in [0.29, 0.717) is 6.54 Å². The fourth-order valence-electron chi connectivity index (χ4n) is 2.39. The van der Waals surface area contributed by atoms with Gasteiger partial charge in [-0.25, -0.2) is 0 Å². The fourth-order valence-corrected chi connectivity index (χ4v) is 2.39. The third-order valence-electron chi connectivity index (χ3n) is 3.56. The van der Waals surface area contributed by atoms with E-state index in [1.54, 1.807) is 0 Å². The first-order chi connectivity index (χ1) is 8.11. The first-order valence-electron chi connectivity index (χ1n) is 5.93. The summed E-state index contributed by atoms with van der Waals surface area (Å²) in [5.41, 5.74) is 1.11. The van der Waals surface area contributed by atoms with Crippen molar-refractivity contribution in [1.82, 2.24) is 5.32 Å². The van der Waals surface area contributed by atoms with Crippen LogP contribution in [0.1, 0.15) is 12.5 Å². The number of aliphatic hydroxyl groups is 3. The van der Waals surface area contributed by atoms with Gasteiger partial charge in [0, 0.05) is 18.5 Å². The second-order valence-electron chi connectivity index (χ2n) is 4.72. The Morgan fingerprint density at radius 1 is 1.00 bits per heavy atom. The summed E-state index contributed by atoms with van der Waals surface area (Å²) in [6.07, 6.45) is -2.83. The number of hydrogen-bond donors (Lipinski definition) is 4. The number of nitrogens with one attached hydrogen (secondary N) is 1. The molecule has 0 amide bonds. The van der Waals surface area contributed by atoms with Gasteiger partial charge >= 0.3 is 0 Å². The summed E-state index contributed by atoms with van der Waals surface area (Å²) in [4.78, 5) is 0. The Bertz CT molecular complexity index is 343. The number of benzene rings is 1. The average Bonchev–Trinajstić information content (AvgIpc) is 2.54. The van der Waals surface area contributed by atoms with Crippen LogP contribution in [0, 0.1) is 5.92 Å². The summed E-state index contributed by atoms with van der Waals surface area (Å²) in [5.74, 6) is -0.163. The van der Waals surface area contributed by atoms with Crippen LogP contribution in [0.2, 0.25) is 0 Å². The van der Waals surface area contributed by atoms with Crippen molar-refractivity contribution in [3.05, 3.63) is 35.9 Å². The van der Waals surface area contributed by atoms with Crippen LogP contribution in [0.4, 0.5) is 0 Å². The lowest BCUT2D eigenvalue weighted by Crippen LogP contribution is -2.41. The molecule has 0 saturated heterocycles. The van der Waals surface area contributed by atoms with E-state index < -0.39 is 18.3 Å². The predicted octanol–water partition coefficient (Wildman–Crippen LogP) is -0.123. The van der Waals surface area contributed by atoms with Gasteiger partial charge in [-0.15, -0.1) is 0 Å². The lowest BCUT2D eigenvalue weighted by molar-refractivity contribution is -0.0267. The Hall–Kier alpha value is -0.940. The second-order valence-corrected chi connectivity index (χ2v) is 4.72. The molecule has 1 fully saturated rings. The zero-order valence-corrected chi connectivity index (χ0v) is 9.82. The molecule has 0 aliphatic heterocycles. The minimum atomic E-state index is -1.06. The summed E-state index contributed by atoms with van der Waals surface area (Å²) >= 11 is 0. The molecule has 2 rings (SSSR count). The Labute approximate surface area is 101 Å². The number of rotatable bonds is 3. The van der Waals surface area contributed by atoms with Gasteiger partial charge in [-0.2, -0.15) is 0 Å². The van der Waals surface area contributed by atoms with Crippen molar-refractivity contribution in [1.29, 1.82) is 0 Å². The molecule has 0 heterocycles. The second kappa shape index (κ2) is 5.14. The van der Waals surface area contributed by atoms with Crippen molar-refractivity contribution in [2.24, 2.45) is 5.92 Å². The van der Waals surface area contributed by atoms with Gasteiger partial charge in [0.2, 0.25) is 0 Å². The molecule has 94 valence electrons. The highest BCUT2D eigenvalue weighted by atomic mass is 16.4. The molecular formula is C13H19NO3. The van der Waals surface area contributed by atoms with E-state index in [2.05, 4.69) is 5.32 Å². The molecule has 1 aliphatic rings. The summed E-state index contributed by atoms with van der Waals surface area (Å²) < 4.78 is 0. The average molecular weight is 237 g/mol. The normalized spacial score (nSPS) is 37.3. The van der Waals surface area contributed by atoms with Crippen molar-refractivity contribution < 1.29 is 15.3 Å². The molecule has 1 saturated carbocycles. The molecule has 4 nitrogen and oxygen atoms in total. The van der Waals surface area contributed by atoms with Crippen molar-refractivity contribution in [3.8, 4) is 0 Å². The van der Waals surface area contributed by atoms with E-state index in [4.69, 9.17) is 0 Å². The molecule has 1 aliphatic carbocycles. The topological polar surface area (TPSA) is 72.7 Å². The lowest BCUT2D eigenvalue weighted by atomic mass is 10.0. The molecule has 4 N–H and O–H groups in total. The Kier molecular flexibility index (Phi) is 3.79. The number of aliphatic hydroxyl groups excluding tert-OH is 3. The SMILES string of the molecule is CC1C(NCc2ccccc2)C(O)[C@H](O)C1O. The molecule has 1 aromatic carbocycles. The molecule has 17 heavy (non-hydrogen) atoms. The third-order valence-corrected chi connectivity index (χ3v) is 3.56. The fraction of sp³-hybridized carbons (Fsp3) is 0.538. The molecule has 1 aromatic rings. The smallest absolute Gasteiger partial charge is 0.108 e. The van der Waals surface area contributed by atoms with Gasteiger partial charge in [0.25, 0.3) is 0 Å². The van der Waals surface area contributed by atoms with Crippen molar-refractivity contribution in [3.63, 3.8) is 0 Å². The molecule has 0 aromatic heterocycles. The van der Waals surface area contributed by atoms with Crippen molar-refractivity contribution >= 4 is 0 Å². The van der Waals surface area contributed by atoms with Crippen LogP contribution in [-0.2, 0) is 6.54 Å². The minimum absolute atomic E-state index is 0.163. The zero-order valence-electron chi connectivity index (χ0n) is 9.82. The lowest BCUT2D eigenvalue weighted by Gasteiger charge is -2.21. The molecule has 5 atom stereocenters. The molecule has 0 radical (unpaired) electrons. The third kappa shape index (κ3) is 2.50. The van der Waals surface area contributed by atoms with E-state index in [0.717, 1.165) is 5.56 Å².